The number of para-hydroxylation sites is 1. The molecule has 0 amide bonds. The molecule has 0 spiro atoms. The first-order valence-electron chi connectivity index (χ1n) is 9.60. The molecule has 3 aromatic heterocycles. The topological polar surface area (TPSA) is 114 Å². The van der Waals surface area contributed by atoms with E-state index in [4.69, 9.17) is 9.90 Å². The quantitative estimate of drug-likeness (QED) is 0.475. The number of hydrogen-bond donors (Lipinski definition) is 2. The van der Waals surface area contributed by atoms with Crippen molar-refractivity contribution in [3.63, 3.8) is 0 Å². The van der Waals surface area contributed by atoms with Gasteiger partial charge in [0.25, 0.3) is 16.5 Å². The zero-order chi connectivity index (χ0) is 21.8. The lowest BCUT2D eigenvalue weighted by Crippen LogP contribution is -2.20. The Morgan fingerprint density at radius 3 is 2.71 bits per heavy atom. The number of pyridine rings is 2. The molecule has 1 aliphatic heterocycles. The molecule has 4 aromatic rings. The number of carbonyl (C=O) groups is 1. The maximum atomic E-state index is 13.5. The van der Waals surface area contributed by atoms with Crippen molar-refractivity contribution in [2.24, 2.45) is 0 Å². The van der Waals surface area contributed by atoms with Gasteiger partial charge in [0.05, 0.1) is 16.6 Å². The fourth-order valence-electron chi connectivity index (χ4n) is 3.64. The van der Waals surface area contributed by atoms with Crippen LogP contribution in [-0.4, -0.2) is 47.0 Å². The highest BCUT2D eigenvalue weighted by atomic mass is 32.2. The molecule has 0 atom stereocenters. The third-order valence-corrected chi connectivity index (χ3v) is 6.70. The van der Waals surface area contributed by atoms with Gasteiger partial charge in [0.1, 0.15) is 4.90 Å². The smallest absolute Gasteiger partial charge is 0.290 e. The lowest BCUT2D eigenvalue weighted by atomic mass is 10.0. The molecule has 1 aliphatic rings. The summed E-state index contributed by atoms with van der Waals surface area (Å²) in [5, 5.41) is 11.0. The molecular weight excluding hydrogens is 416 g/mol. The van der Waals surface area contributed by atoms with Gasteiger partial charge in [0, 0.05) is 36.1 Å². The molecule has 5 rings (SSSR count). The van der Waals surface area contributed by atoms with Crippen LogP contribution in [0.4, 0.5) is 0 Å². The van der Waals surface area contributed by atoms with E-state index in [1.807, 2.05) is 24.3 Å². The first kappa shape index (κ1) is 20.7. The van der Waals surface area contributed by atoms with E-state index in [1.165, 1.54) is 10.2 Å². The molecule has 0 radical (unpaired) electrons. The number of carboxylic acid groups (broad SMARTS) is 1. The van der Waals surface area contributed by atoms with Gasteiger partial charge >= 0.3 is 0 Å². The van der Waals surface area contributed by atoms with Crippen LogP contribution < -0.4 is 5.32 Å². The Morgan fingerprint density at radius 1 is 1.13 bits per heavy atom. The van der Waals surface area contributed by atoms with Gasteiger partial charge in [-0.15, -0.1) is 0 Å². The monoisotopic (exact) mass is 436 g/mol. The van der Waals surface area contributed by atoms with Gasteiger partial charge in [-0.2, -0.15) is 0 Å². The van der Waals surface area contributed by atoms with Crippen molar-refractivity contribution in [2.45, 2.75) is 11.3 Å². The Morgan fingerprint density at radius 2 is 1.94 bits per heavy atom. The summed E-state index contributed by atoms with van der Waals surface area (Å²) in [6.07, 6.45) is 7.75. The van der Waals surface area contributed by atoms with E-state index in [2.05, 4.69) is 21.4 Å². The number of nitrogens with zero attached hydrogens (tertiary/aromatic N) is 3. The first-order chi connectivity index (χ1) is 15.1. The minimum atomic E-state index is -3.80. The van der Waals surface area contributed by atoms with Crippen LogP contribution in [-0.2, 0) is 14.8 Å². The van der Waals surface area contributed by atoms with Crippen molar-refractivity contribution < 1.29 is 18.3 Å². The molecule has 0 aliphatic carbocycles. The molecule has 8 nitrogen and oxygen atoms in total. The molecule has 0 saturated heterocycles. The first-order valence-corrected chi connectivity index (χ1v) is 11.0. The molecular formula is C22H20N4O4S. The molecule has 31 heavy (non-hydrogen) atoms. The van der Waals surface area contributed by atoms with Gasteiger partial charge in [-0.1, -0.05) is 24.3 Å². The number of rotatable bonds is 3. The van der Waals surface area contributed by atoms with Crippen LogP contribution in [0.25, 0.3) is 27.5 Å². The average molecular weight is 436 g/mol. The van der Waals surface area contributed by atoms with E-state index in [9.17, 15) is 8.42 Å². The van der Waals surface area contributed by atoms with Gasteiger partial charge in [0.2, 0.25) is 0 Å². The maximum Gasteiger partial charge on any atom is 0.290 e. The molecule has 2 N–H and O–H groups in total. The highest BCUT2D eigenvalue weighted by Crippen LogP contribution is 2.31. The van der Waals surface area contributed by atoms with E-state index < -0.39 is 10.0 Å². The van der Waals surface area contributed by atoms with Crippen molar-refractivity contribution in [1.29, 1.82) is 0 Å². The second kappa shape index (κ2) is 8.66. The summed E-state index contributed by atoms with van der Waals surface area (Å²) in [6, 6.07) is 12.7. The summed E-state index contributed by atoms with van der Waals surface area (Å²) in [5.41, 5.74) is 4.03. The summed E-state index contributed by atoms with van der Waals surface area (Å²) in [4.78, 5) is 17.3. The largest absolute Gasteiger partial charge is 0.483 e. The maximum absolute atomic E-state index is 13.5. The lowest BCUT2D eigenvalue weighted by molar-refractivity contribution is -0.122. The third kappa shape index (κ3) is 3.92. The zero-order valence-electron chi connectivity index (χ0n) is 16.5. The van der Waals surface area contributed by atoms with Crippen LogP contribution in [0.15, 0.2) is 72.0 Å². The molecule has 0 bridgehead atoms. The van der Waals surface area contributed by atoms with Crippen LogP contribution in [0.3, 0.4) is 0 Å². The fourth-order valence-corrected chi connectivity index (χ4v) is 4.98. The molecule has 4 heterocycles. The SMILES string of the molecule is O=CO.O=S(=O)(c1cnc2ccccc2c1)n1cc(C2=CCNCC2)c2ncccc21. The molecule has 9 heteroatoms. The van der Waals surface area contributed by atoms with Gasteiger partial charge in [-0.25, -0.2) is 12.4 Å². The van der Waals surface area contributed by atoms with E-state index >= 15 is 0 Å². The number of hydrogen-bond acceptors (Lipinski definition) is 6. The second-order valence-electron chi connectivity index (χ2n) is 6.87. The molecule has 158 valence electrons. The Bertz CT molecular complexity index is 1390. The summed E-state index contributed by atoms with van der Waals surface area (Å²) in [5.74, 6) is 0. The predicted octanol–water partition coefficient (Wildman–Crippen LogP) is 2.90. The van der Waals surface area contributed by atoms with Crippen LogP contribution in [0, 0.1) is 0 Å². The number of nitrogens with one attached hydrogen (secondary N) is 1. The van der Waals surface area contributed by atoms with Crippen molar-refractivity contribution in [2.75, 3.05) is 13.1 Å². The van der Waals surface area contributed by atoms with E-state index in [0.29, 0.717) is 11.0 Å². The predicted molar refractivity (Wildman–Crippen MR) is 118 cm³/mol. The Kier molecular flexibility index (Phi) is 5.79. The van der Waals surface area contributed by atoms with Gasteiger partial charge < -0.3 is 10.4 Å². The van der Waals surface area contributed by atoms with Crippen molar-refractivity contribution >= 4 is 44.0 Å². The van der Waals surface area contributed by atoms with Crippen molar-refractivity contribution in [3.8, 4) is 0 Å². The van der Waals surface area contributed by atoms with Crippen LogP contribution >= 0.6 is 0 Å². The van der Waals surface area contributed by atoms with Crippen molar-refractivity contribution in [1.82, 2.24) is 19.3 Å². The van der Waals surface area contributed by atoms with E-state index in [-0.39, 0.29) is 11.4 Å². The highest BCUT2D eigenvalue weighted by Gasteiger charge is 2.24. The molecule has 0 fully saturated rings. The third-order valence-electron chi connectivity index (χ3n) is 5.06. The molecule has 0 saturated carbocycles. The minimum absolute atomic E-state index is 0.165. The molecule has 1 aromatic carbocycles. The summed E-state index contributed by atoms with van der Waals surface area (Å²) >= 11 is 0. The van der Waals surface area contributed by atoms with Gasteiger partial charge in [0.15, 0.2) is 0 Å². The summed E-state index contributed by atoms with van der Waals surface area (Å²) < 4.78 is 28.2. The number of fused-ring (bicyclic) bond motifs is 2. The van der Waals surface area contributed by atoms with Crippen LogP contribution in [0.5, 0.6) is 0 Å². The van der Waals surface area contributed by atoms with Crippen LogP contribution in [0.2, 0.25) is 0 Å². The van der Waals surface area contributed by atoms with E-state index in [1.54, 1.807) is 30.6 Å². The Hall–Kier alpha value is -3.56. The second-order valence-corrected chi connectivity index (χ2v) is 8.68. The minimum Gasteiger partial charge on any atom is -0.483 e. The fraction of sp³-hybridized carbons (Fsp3) is 0.136. The number of aromatic nitrogens is 3. The standard InChI is InChI=1S/C21H18N4O2S.CH2O2/c26-28(27,17-12-16-4-1-2-5-19(16)24-13-17)25-14-18(15-7-10-22-11-8-15)21-20(25)6-3-9-23-21;2-1-3/h1-7,9,12-14,22H,8,10-11H2;1H,(H,2,3). The lowest BCUT2D eigenvalue weighted by Gasteiger charge is -2.12. The van der Waals surface area contributed by atoms with Gasteiger partial charge in [-0.05, 0) is 42.8 Å². The zero-order valence-corrected chi connectivity index (χ0v) is 17.3. The summed E-state index contributed by atoms with van der Waals surface area (Å²) in [6.45, 7) is 1.39. The Balaban J connectivity index is 0.000000730. The highest BCUT2D eigenvalue weighted by molar-refractivity contribution is 7.90. The summed E-state index contributed by atoms with van der Waals surface area (Å²) in [7, 11) is -3.80. The average Bonchev–Trinajstić information content (AvgIpc) is 3.20. The normalized spacial score (nSPS) is 14.0. The van der Waals surface area contributed by atoms with Gasteiger partial charge in [-0.3, -0.25) is 14.8 Å². The van der Waals surface area contributed by atoms with E-state index in [0.717, 1.165) is 41.5 Å². The number of benzene rings is 1. The van der Waals surface area contributed by atoms with Crippen molar-refractivity contribution in [3.05, 3.63) is 72.7 Å². The van der Waals surface area contributed by atoms with Crippen LogP contribution in [0.1, 0.15) is 12.0 Å². The molecule has 0 unspecified atom stereocenters. The Labute approximate surface area is 178 Å².